The van der Waals surface area contributed by atoms with Crippen LogP contribution in [-0.4, -0.2) is 24.2 Å². The van der Waals surface area contributed by atoms with E-state index in [1.807, 2.05) is 12.1 Å². The molecule has 2 aliphatic rings. The van der Waals surface area contributed by atoms with Crippen LogP contribution < -0.4 is 10.1 Å². The third kappa shape index (κ3) is 2.08. The molecule has 0 aromatic heterocycles. The smallest absolute Gasteiger partial charge is 0.310 e. The van der Waals surface area contributed by atoms with Crippen molar-refractivity contribution < 1.29 is 14.6 Å². The molecular weight excluding hydrogens is 230 g/mol. The van der Waals surface area contributed by atoms with Crippen LogP contribution in [0.3, 0.4) is 0 Å². The first kappa shape index (κ1) is 11.5. The maximum atomic E-state index is 11.0. The number of benzene rings is 1. The molecule has 1 aromatic carbocycles. The molecule has 0 amide bonds. The molecule has 96 valence electrons. The van der Waals surface area contributed by atoms with Crippen molar-refractivity contribution >= 4 is 5.97 Å². The van der Waals surface area contributed by atoms with Gasteiger partial charge in [-0.1, -0.05) is 12.1 Å². The fourth-order valence-electron chi connectivity index (χ4n) is 2.41. The number of nitrogens with one attached hydrogen (secondary N) is 1. The lowest BCUT2D eigenvalue weighted by Gasteiger charge is -2.11. The average molecular weight is 247 g/mol. The molecule has 1 fully saturated rings. The van der Waals surface area contributed by atoms with E-state index in [9.17, 15) is 4.79 Å². The molecule has 3 rings (SSSR count). The van der Waals surface area contributed by atoms with E-state index >= 15 is 0 Å². The molecule has 1 aromatic rings. The first-order valence-corrected chi connectivity index (χ1v) is 6.38. The first-order valence-electron chi connectivity index (χ1n) is 6.38. The zero-order chi connectivity index (χ0) is 12.6. The Balaban J connectivity index is 1.56. The van der Waals surface area contributed by atoms with Gasteiger partial charge in [-0.25, -0.2) is 0 Å². The van der Waals surface area contributed by atoms with Crippen molar-refractivity contribution in [3.05, 3.63) is 29.3 Å². The summed E-state index contributed by atoms with van der Waals surface area (Å²) in [4.78, 5) is 11.0. The van der Waals surface area contributed by atoms with Gasteiger partial charge in [-0.15, -0.1) is 0 Å². The number of carboxylic acids is 1. The van der Waals surface area contributed by atoms with E-state index in [1.54, 1.807) is 0 Å². The quantitative estimate of drug-likeness (QED) is 0.829. The SMILES string of the molecule is O=C(O)C1(CNCc2ccc3c(c2)CCO3)CC1. The molecule has 1 saturated carbocycles. The summed E-state index contributed by atoms with van der Waals surface area (Å²) in [6.45, 7) is 2.06. The van der Waals surface area contributed by atoms with Crippen molar-refractivity contribution in [2.24, 2.45) is 5.41 Å². The fraction of sp³-hybridized carbons (Fsp3) is 0.500. The lowest BCUT2D eigenvalue weighted by molar-refractivity contribution is -0.143. The predicted octanol–water partition coefficient (Wildman–Crippen LogP) is 1.58. The predicted molar refractivity (Wildman–Crippen MR) is 66.7 cm³/mol. The molecule has 1 aliphatic carbocycles. The number of ether oxygens (including phenoxy) is 1. The van der Waals surface area contributed by atoms with Crippen LogP contribution in [0.2, 0.25) is 0 Å². The second-order valence-corrected chi connectivity index (χ2v) is 5.23. The number of rotatable bonds is 5. The van der Waals surface area contributed by atoms with Gasteiger partial charge in [0, 0.05) is 19.5 Å². The summed E-state index contributed by atoms with van der Waals surface area (Å²) in [6.07, 6.45) is 2.57. The third-order valence-corrected chi connectivity index (χ3v) is 3.85. The van der Waals surface area contributed by atoms with Gasteiger partial charge in [-0.05, 0) is 30.0 Å². The number of fused-ring (bicyclic) bond motifs is 1. The number of hydrogen-bond donors (Lipinski definition) is 2. The maximum Gasteiger partial charge on any atom is 0.310 e. The van der Waals surface area contributed by atoms with Crippen LogP contribution in [0.1, 0.15) is 24.0 Å². The molecule has 1 heterocycles. The topological polar surface area (TPSA) is 58.6 Å². The van der Waals surface area contributed by atoms with Crippen LogP contribution >= 0.6 is 0 Å². The van der Waals surface area contributed by atoms with E-state index in [-0.39, 0.29) is 0 Å². The molecule has 0 spiro atoms. The Hall–Kier alpha value is -1.55. The monoisotopic (exact) mass is 247 g/mol. The van der Waals surface area contributed by atoms with Crippen LogP contribution in [-0.2, 0) is 17.8 Å². The largest absolute Gasteiger partial charge is 0.493 e. The van der Waals surface area contributed by atoms with E-state index in [0.29, 0.717) is 6.54 Å². The van der Waals surface area contributed by atoms with E-state index < -0.39 is 11.4 Å². The summed E-state index contributed by atoms with van der Waals surface area (Å²) in [7, 11) is 0. The van der Waals surface area contributed by atoms with E-state index in [4.69, 9.17) is 9.84 Å². The van der Waals surface area contributed by atoms with Gasteiger partial charge in [0.05, 0.1) is 12.0 Å². The van der Waals surface area contributed by atoms with Crippen LogP contribution in [0, 0.1) is 5.41 Å². The third-order valence-electron chi connectivity index (χ3n) is 3.85. The molecule has 1 aliphatic heterocycles. The highest BCUT2D eigenvalue weighted by Crippen LogP contribution is 2.45. The summed E-state index contributed by atoms with van der Waals surface area (Å²) in [6, 6.07) is 6.19. The van der Waals surface area contributed by atoms with Crippen molar-refractivity contribution in [3.63, 3.8) is 0 Å². The van der Waals surface area contributed by atoms with Crippen LogP contribution in [0.25, 0.3) is 0 Å². The number of hydrogen-bond acceptors (Lipinski definition) is 3. The number of carbonyl (C=O) groups is 1. The second kappa shape index (κ2) is 4.28. The minimum atomic E-state index is -0.669. The van der Waals surface area contributed by atoms with Crippen molar-refractivity contribution in [1.82, 2.24) is 5.32 Å². The van der Waals surface area contributed by atoms with Gasteiger partial charge in [0.15, 0.2) is 0 Å². The zero-order valence-corrected chi connectivity index (χ0v) is 10.2. The molecule has 0 bridgehead atoms. The molecule has 0 radical (unpaired) electrons. The van der Waals surface area contributed by atoms with Crippen molar-refractivity contribution in [1.29, 1.82) is 0 Å². The first-order chi connectivity index (χ1) is 8.70. The van der Waals surface area contributed by atoms with Gasteiger partial charge in [0.1, 0.15) is 5.75 Å². The van der Waals surface area contributed by atoms with E-state index in [2.05, 4.69) is 11.4 Å². The Morgan fingerprint density at radius 3 is 3.00 bits per heavy atom. The van der Waals surface area contributed by atoms with Gasteiger partial charge in [0.25, 0.3) is 0 Å². The Morgan fingerprint density at radius 2 is 2.28 bits per heavy atom. The minimum absolute atomic E-state index is 0.486. The molecule has 0 unspecified atom stereocenters. The van der Waals surface area contributed by atoms with Crippen molar-refractivity contribution in [2.75, 3.05) is 13.2 Å². The summed E-state index contributed by atoms with van der Waals surface area (Å²) >= 11 is 0. The molecule has 18 heavy (non-hydrogen) atoms. The molecular formula is C14H17NO3. The number of carboxylic acid groups (broad SMARTS) is 1. The summed E-state index contributed by atoms with van der Waals surface area (Å²) < 4.78 is 5.46. The number of aliphatic carboxylic acids is 1. The normalized spacial score (nSPS) is 19.1. The molecule has 0 atom stereocenters. The van der Waals surface area contributed by atoms with E-state index in [1.165, 1.54) is 11.1 Å². The van der Waals surface area contributed by atoms with Crippen LogP contribution in [0.15, 0.2) is 18.2 Å². The Bertz CT molecular complexity index is 480. The standard InChI is InChI=1S/C14H17NO3/c16-13(17)14(4-5-14)9-15-8-10-1-2-12-11(7-10)3-6-18-12/h1-2,7,15H,3-6,8-9H2,(H,16,17). The van der Waals surface area contributed by atoms with Gasteiger partial charge in [0.2, 0.25) is 0 Å². The Labute approximate surface area is 106 Å². The lowest BCUT2D eigenvalue weighted by Crippen LogP contribution is -2.29. The molecule has 2 N–H and O–H groups in total. The van der Waals surface area contributed by atoms with E-state index in [0.717, 1.165) is 38.2 Å². The highest BCUT2D eigenvalue weighted by Gasteiger charge is 2.49. The summed E-state index contributed by atoms with van der Waals surface area (Å²) in [5.41, 5.74) is 1.97. The summed E-state index contributed by atoms with van der Waals surface area (Å²) in [5.74, 6) is 0.320. The highest BCUT2D eigenvalue weighted by atomic mass is 16.5. The van der Waals surface area contributed by atoms with Gasteiger partial charge in [-0.2, -0.15) is 0 Å². The van der Waals surface area contributed by atoms with Crippen molar-refractivity contribution in [2.45, 2.75) is 25.8 Å². The Kier molecular flexibility index (Phi) is 2.74. The maximum absolute atomic E-state index is 11.0. The minimum Gasteiger partial charge on any atom is -0.493 e. The highest BCUT2D eigenvalue weighted by molar-refractivity contribution is 5.78. The molecule has 4 heteroatoms. The second-order valence-electron chi connectivity index (χ2n) is 5.23. The van der Waals surface area contributed by atoms with Crippen molar-refractivity contribution in [3.8, 4) is 5.75 Å². The summed E-state index contributed by atoms with van der Waals surface area (Å²) in [5, 5.41) is 12.3. The zero-order valence-electron chi connectivity index (χ0n) is 10.2. The molecule has 4 nitrogen and oxygen atoms in total. The molecule has 0 saturated heterocycles. The van der Waals surface area contributed by atoms with Gasteiger partial charge >= 0.3 is 5.97 Å². The van der Waals surface area contributed by atoms with Gasteiger partial charge in [-0.3, -0.25) is 4.79 Å². The average Bonchev–Trinajstić information content (AvgIpc) is 3.00. The fourth-order valence-corrected chi connectivity index (χ4v) is 2.41. The lowest BCUT2D eigenvalue weighted by atomic mass is 10.1. The Morgan fingerprint density at radius 1 is 1.44 bits per heavy atom. The van der Waals surface area contributed by atoms with Crippen LogP contribution in [0.4, 0.5) is 0 Å². The van der Waals surface area contributed by atoms with Gasteiger partial charge < -0.3 is 15.2 Å². The van der Waals surface area contributed by atoms with Crippen LogP contribution in [0.5, 0.6) is 5.75 Å².